The fraction of sp³-hybridized carbons (Fsp3) is 0.867. The quantitative estimate of drug-likeness (QED) is 0.793. The molecular formula is C15H26N2O3. The Kier molecular flexibility index (Phi) is 5.02. The van der Waals surface area contributed by atoms with Gasteiger partial charge in [0.1, 0.15) is 6.04 Å². The van der Waals surface area contributed by atoms with Gasteiger partial charge in [0, 0.05) is 18.5 Å². The molecule has 1 amide bonds. The number of ether oxygens (including phenoxy) is 1. The zero-order valence-electron chi connectivity index (χ0n) is 12.6. The van der Waals surface area contributed by atoms with Gasteiger partial charge >= 0.3 is 5.97 Å². The minimum atomic E-state index is -0.370. The van der Waals surface area contributed by atoms with E-state index in [1.54, 1.807) is 4.90 Å². The fourth-order valence-corrected chi connectivity index (χ4v) is 3.58. The number of nitrogens with one attached hydrogen (secondary N) is 1. The van der Waals surface area contributed by atoms with Crippen molar-refractivity contribution in [2.45, 2.75) is 62.9 Å². The second kappa shape index (κ2) is 6.57. The SMILES string of the molecule is CNC1(CC(=O)N2CCCC2C(=O)OC)CCCCC1. The predicted octanol–water partition coefficient (Wildman–Crippen LogP) is 1.46. The van der Waals surface area contributed by atoms with Crippen molar-refractivity contribution in [3.8, 4) is 0 Å². The highest BCUT2D eigenvalue weighted by atomic mass is 16.5. The van der Waals surface area contributed by atoms with E-state index >= 15 is 0 Å². The molecule has 114 valence electrons. The van der Waals surface area contributed by atoms with Crippen LogP contribution in [0.1, 0.15) is 51.4 Å². The number of likely N-dealkylation sites (tertiary alicyclic amines) is 1. The zero-order chi connectivity index (χ0) is 14.6. The Hall–Kier alpha value is -1.10. The van der Waals surface area contributed by atoms with Crippen LogP contribution in [0.2, 0.25) is 0 Å². The number of methoxy groups -OCH3 is 1. The lowest BCUT2D eigenvalue weighted by molar-refractivity contribution is -0.151. The molecule has 1 N–H and O–H groups in total. The van der Waals surface area contributed by atoms with Crippen LogP contribution in [0, 0.1) is 0 Å². The monoisotopic (exact) mass is 282 g/mol. The van der Waals surface area contributed by atoms with Crippen LogP contribution in [0.3, 0.4) is 0 Å². The van der Waals surface area contributed by atoms with Crippen LogP contribution in [0.4, 0.5) is 0 Å². The molecule has 0 bridgehead atoms. The highest BCUT2D eigenvalue weighted by Gasteiger charge is 2.39. The Balaban J connectivity index is 2.01. The zero-order valence-corrected chi connectivity index (χ0v) is 12.6. The number of hydrogen-bond donors (Lipinski definition) is 1. The molecule has 20 heavy (non-hydrogen) atoms. The van der Waals surface area contributed by atoms with Crippen molar-refractivity contribution in [1.29, 1.82) is 0 Å². The van der Waals surface area contributed by atoms with E-state index in [9.17, 15) is 9.59 Å². The van der Waals surface area contributed by atoms with Crippen LogP contribution in [-0.4, -0.2) is 49.1 Å². The van der Waals surface area contributed by atoms with E-state index in [2.05, 4.69) is 5.32 Å². The number of carbonyl (C=O) groups excluding carboxylic acids is 2. The summed E-state index contributed by atoms with van der Waals surface area (Å²) >= 11 is 0. The van der Waals surface area contributed by atoms with E-state index in [-0.39, 0.29) is 23.5 Å². The van der Waals surface area contributed by atoms with E-state index in [1.165, 1.54) is 26.4 Å². The first-order valence-corrected chi connectivity index (χ1v) is 7.68. The van der Waals surface area contributed by atoms with Crippen molar-refractivity contribution >= 4 is 11.9 Å². The maximum Gasteiger partial charge on any atom is 0.328 e. The summed E-state index contributed by atoms with van der Waals surface area (Å²) < 4.78 is 4.81. The predicted molar refractivity (Wildman–Crippen MR) is 76.2 cm³/mol. The minimum absolute atomic E-state index is 0.0708. The molecular weight excluding hydrogens is 256 g/mol. The van der Waals surface area contributed by atoms with Crippen LogP contribution >= 0.6 is 0 Å². The van der Waals surface area contributed by atoms with Crippen LogP contribution in [0.5, 0.6) is 0 Å². The summed E-state index contributed by atoms with van der Waals surface area (Å²) in [7, 11) is 3.33. The molecule has 0 aromatic heterocycles. The van der Waals surface area contributed by atoms with Crippen LogP contribution < -0.4 is 5.32 Å². The summed E-state index contributed by atoms with van der Waals surface area (Å²) in [6.07, 6.45) is 7.81. The van der Waals surface area contributed by atoms with Crippen molar-refractivity contribution in [3.05, 3.63) is 0 Å². The van der Waals surface area contributed by atoms with Crippen LogP contribution in [-0.2, 0) is 14.3 Å². The van der Waals surface area contributed by atoms with Gasteiger partial charge in [-0.3, -0.25) is 4.79 Å². The Morgan fingerprint density at radius 2 is 1.95 bits per heavy atom. The normalized spacial score (nSPS) is 25.5. The third-order valence-electron chi connectivity index (χ3n) is 4.88. The second-order valence-electron chi connectivity index (χ2n) is 6.04. The molecule has 0 aromatic carbocycles. The van der Waals surface area contributed by atoms with Gasteiger partial charge in [0.05, 0.1) is 7.11 Å². The van der Waals surface area contributed by atoms with Gasteiger partial charge in [0.15, 0.2) is 0 Å². The van der Waals surface area contributed by atoms with Crippen molar-refractivity contribution < 1.29 is 14.3 Å². The van der Waals surface area contributed by atoms with Gasteiger partial charge < -0.3 is 15.0 Å². The highest BCUT2D eigenvalue weighted by Crippen LogP contribution is 2.32. The molecule has 1 aliphatic heterocycles. The molecule has 5 heteroatoms. The molecule has 2 aliphatic rings. The van der Waals surface area contributed by atoms with Crippen molar-refractivity contribution in [2.24, 2.45) is 0 Å². The first kappa shape index (κ1) is 15.3. The van der Waals surface area contributed by atoms with Gasteiger partial charge in [0.2, 0.25) is 5.91 Å². The Morgan fingerprint density at radius 3 is 2.55 bits per heavy atom. The molecule has 0 radical (unpaired) electrons. The molecule has 2 fully saturated rings. The third-order valence-corrected chi connectivity index (χ3v) is 4.88. The number of esters is 1. The lowest BCUT2D eigenvalue weighted by Crippen LogP contribution is -2.50. The van der Waals surface area contributed by atoms with E-state index < -0.39 is 0 Å². The Bertz CT molecular complexity index is 364. The average Bonchev–Trinajstić information content (AvgIpc) is 2.97. The van der Waals surface area contributed by atoms with Gasteiger partial charge in [-0.15, -0.1) is 0 Å². The van der Waals surface area contributed by atoms with Crippen molar-refractivity contribution in [2.75, 3.05) is 20.7 Å². The van der Waals surface area contributed by atoms with Crippen LogP contribution in [0.25, 0.3) is 0 Å². The number of amides is 1. The Morgan fingerprint density at radius 1 is 1.25 bits per heavy atom. The van der Waals surface area contributed by atoms with Crippen LogP contribution in [0.15, 0.2) is 0 Å². The largest absolute Gasteiger partial charge is 0.467 e. The molecule has 2 rings (SSSR count). The van der Waals surface area contributed by atoms with E-state index in [4.69, 9.17) is 4.74 Å². The number of rotatable bonds is 4. The maximum atomic E-state index is 12.6. The summed E-state index contributed by atoms with van der Waals surface area (Å²) in [5, 5.41) is 3.37. The Labute approximate surface area is 121 Å². The highest BCUT2D eigenvalue weighted by molar-refractivity contribution is 5.85. The van der Waals surface area contributed by atoms with Gasteiger partial charge in [-0.05, 0) is 32.7 Å². The van der Waals surface area contributed by atoms with Gasteiger partial charge in [-0.1, -0.05) is 19.3 Å². The second-order valence-corrected chi connectivity index (χ2v) is 6.04. The van der Waals surface area contributed by atoms with E-state index in [1.807, 2.05) is 7.05 Å². The standard InChI is InChI=1S/C15H26N2O3/c1-16-15(8-4-3-5-9-15)11-13(18)17-10-6-7-12(17)14(19)20-2/h12,16H,3-11H2,1-2H3. The topological polar surface area (TPSA) is 58.6 Å². The number of nitrogens with zero attached hydrogens (tertiary/aromatic N) is 1. The lowest BCUT2D eigenvalue weighted by atomic mass is 9.79. The van der Waals surface area contributed by atoms with Crippen molar-refractivity contribution in [3.63, 3.8) is 0 Å². The molecule has 0 spiro atoms. The van der Waals surface area contributed by atoms with E-state index in [0.717, 1.165) is 25.7 Å². The molecule has 5 nitrogen and oxygen atoms in total. The van der Waals surface area contributed by atoms with Gasteiger partial charge in [-0.2, -0.15) is 0 Å². The molecule has 1 heterocycles. The first-order valence-electron chi connectivity index (χ1n) is 7.68. The summed E-state index contributed by atoms with van der Waals surface area (Å²) in [6, 6.07) is -0.370. The summed E-state index contributed by atoms with van der Waals surface area (Å²) in [5.74, 6) is -0.188. The van der Waals surface area contributed by atoms with Gasteiger partial charge in [0.25, 0.3) is 0 Å². The summed E-state index contributed by atoms with van der Waals surface area (Å²) in [6.45, 7) is 0.679. The summed E-state index contributed by atoms with van der Waals surface area (Å²) in [4.78, 5) is 26.0. The van der Waals surface area contributed by atoms with Crippen molar-refractivity contribution in [1.82, 2.24) is 10.2 Å². The molecule has 1 unspecified atom stereocenters. The molecule has 1 atom stereocenters. The fourth-order valence-electron chi connectivity index (χ4n) is 3.58. The third kappa shape index (κ3) is 3.14. The molecule has 1 saturated heterocycles. The summed E-state index contributed by atoms with van der Waals surface area (Å²) in [5.41, 5.74) is -0.0708. The van der Waals surface area contributed by atoms with Gasteiger partial charge in [-0.25, -0.2) is 4.79 Å². The minimum Gasteiger partial charge on any atom is -0.467 e. The molecule has 1 aliphatic carbocycles. The first-order chi connectivity index (χ1) is 9.62. The van der Waals surface area contributed by atoms with E-state index in [0.29, 0.717) is 13.0 Å². The molecule has 0 aromatic rings. The average molecular weight is 282 g/mol. The number of carbonyl (C=O) groups is 2. The number of hydrogen-bond acceptors (Lipinski definition) is 4. The molecule has 1 saturated carbocycles. The maximum absolute atomic E-state index is 12.6. The smallest absolute Gasteiger partial charge is 0.328 e. The lowest BCUT2D eigenvalue weighted by Gasteiger charge is -2.38.